The summed E-state index contributed by atoms with van der Waals surface area (Å²) in [6.07, 6.45) is 1.53. The number of aromatic nitrogens is 1. The van der Waals surface area contributed by atoms with Crippen molar-refractivity contribution in [2.24, 2.45) is 0 Å². The van der Waals surface area contributed by atoms with Gasteiger partial charge in [0.05, 0.1) is 32.8 Å². The van der Waals surface area contributed by atoms with Gasteiger partial charge in [0, 0.05) is 32.7 Å². The first-order valence-electron chi connectivity index (χ1n) is 14.6. The lowest BCUT2D eigenvalue weighted by atomic mass is 10.1. The molecule has 3 amide bonds. The third-order valence-electron chi connectivity index (χ3n) is 6.86. The molecule has 0 aliphatic carbocycles. The van der Waals surface area contributed by atoms with Gasteiger partial charge >= 0.3 is 0 Å². The lowest BCUT2D eigenvalue weighted by molar-refractivity contribution is -0.114. The van der Waals surface area contributed by atoms with Crippen LogP contribution in [0.5, 0.6) is 17.2 Å². The van der Waals surface area contributed by atoms with Crippen molar-refractivity contribution >= 4 is 57.7 Å². The van der Waals surface area contributed by atoms with Crippen LogP contribution in [0.2, 0.25) is 0 Å². The van der Waals surface area contributed by atoms with Gasteiger partial charge in [-0.1, -0.05) is 30.3 Å². The van der Waals surface area contributed by atoms with Gasteiger partial charge in [0.1, 0.15) is 22.9 Å². The van der Waals surface area contributed by atoms with Gasteiger partial charge in [-0.05, 0) is 72.8 Å². The Morgan fingerprint density at radius 2 is 1.56 bits per heavy atom. The van der Waals surface area contributed by atoms with Crippen LogP contribution in [0.3, 0.4) is 0 Å². The van der Waals surface area contributed by atoms with Gasteiger partial charge in [0.25, 0.3) is 11.8 Å². The molecular weight excluding hydrogens is 649 g/mol. The molecule has 1 aromatic heterocycles. The first-order chi connectivity index (χ1) is 23.3. The van der Waals surface area contributed by atoms with E-state index in [9.17, 15) is 14.4 Å². The van der Waals surface area contributed by atoms with E-state index < -0.39 is 11.8 Å². The van der Waals surface area contributed by atoms with Crippen LogP contribution in [0.25, 0.3) is 17.3 Å². The minimum atomic E-state index is -0.541. The Hall–Kier alpha value is -5.59. The number of ether oxygens (including phenoxy) is 3. The number of carbonyl (C=O) groups excluding carboxylic acids is 3. The van der Waals surface area contributed by atoms with Crippen LogP contribution in [-0.4, -0.2) is 49.8 Å². The molecule has 5 aromatic rings. The molecule has 0 atom stereocenters. The predicted octanol–water partition coefficient (Wildman–Crippen LogP) is 6.98. The molecular formula is C36H32N4O6S2. The number of hydrogen-bond acceptors (Lipinski definition) is 9. The molecule has 0 aliphatic rings. The van der Waals surface area contributed by atoms with E-state index in [1.165, 1.54) is 43.4 Å². The van der Waals surface area contributed by atoms with Gasteiger partial charge in [-0.25, -0.2) is 4.98 Å². The largest absolute Gasteiger partial charge is 0.497 e. The maximum atomic E-state index is 13.5. The highest BCUT2D eigenvalue weighted by Gasteiger charge is 2.17. The van der Waals surface area contributed by atoms with Gasteiger partial charge < -0.3 is 30.2 Å². The summed E-state index contributed by atoms with van der Waals surface area (Å²) in [5.74, 6) is 0.768. The summed E-state index contributed by atoms with van der Waals surface area (Å²) in [5.41, 5.74) is 3.08. The molecule has 1 heterocycles. The molecule has 48 heavy (non-hydrogen) atoms. The summed E-state index contributed by atoms with van der Waals surface area (Å²) >= 11 is 2.69. The minimum Gasteiger partial charge on any atom is -0.497 e. The quantitative estimate of drug-likeness (QED) is 0.0899. The smallest absolute Gasteiger partial charge is 0.272 e. The zero-order valence-corrected chi connectivity index (χ0v) is 27.9. The van der Waals surface area contributed by atoms with Crippen molar-refractivity contribution in [1.82, 2.24) is 10.3 Å². The van der Waals surface area contributed by atoms with E-state index in [-0.39, 0.29) is 17.4 Å². The van der Waals surface area contributed by atoms with Crippen LogP contribution >= 0.6 is 23.1 Å². The standard InChI is InChI=1S/C36H32N4O6S2/c1-44-27-11-7-10-24(18-27)31-21-48-36(39-31)40-33(41)22-47-29-15-12-26(13-16-29)37-35(43)30(38-34(42)23-8-5-4-6-9-23)20-25-19-28(45-2)14-17-32(25)46-3/h4-21H,22H2,1-3H3,(H,37,43)(H,38,42)(H,39,40,41)/b30-20-. The van der Waals surface area contributed by atoms with E-state index in [1.54, 1.807) is 79.9 Å². The normalized spacial score (nSPS) is 10.9. The van der Waals surface area contributed by atoms with Crippen molar-refractivity contribution in [2.75, 3.05) is 37.7 Å². The fraction of sp³-hybridized carbons (Fsp3) is 0.111. The van der Waals surface area contributed by atoms with Crippen molar-refractivity contribution in [3.05, 3.63) is 119 Å². The van der Waals surface area contributed by atoms with Crippen molar-refractivity contribution in [3.63, 3.8) is 0 Å². The Morgan fingerprint density at radius 3 is 2.29 bits per heavy atom. The SMILES string of the molecule is COc1cccc(-c2csc(NC(=O)CSc3ccc(NC(=O)/C(=C/c4cc(OC)ccc4OC)NC(=O)c4ccccc4)cc3)n2)c1. The van der Waals surface area contributed by atoms with E-state index in [0.717, 1.165) is 21.9 Å². The number of benzene rings is 4. The summed E-state index contributed by atoms with van der Waals surface area (Å²) in [4.78, 5) is 44.5. The third kappa shape index (κ3) is 9.02. The molecule has 0 fully saturated rings. The molecule has 244 valence electrons. The number of anilines is 2. The van der Waals surface area contributed by atoms with E-state index in [2.05, 4.69) is 20.9 Å². The zero-order valence-electron chi connectivity index (χ0n) is 26.3. The van der Waals surface area contributed by atoms with Crippen LogP contribution in [-0.2, 0) is 9.59 Å². The zero-order chi connectivity index (χ0) is 33.9. The summed E-state index contributed by atoms with van der Waals surface area (Å²) < 4.78 is 16.1. The molecule has 10 nitrogen and oxygen atoms in total. The van der Waals surface area contributed by atoms with Gasteiger partial charge in [0.15, 0.2) is 5.13 Å². The lowest BCUT2D eigenvalue weighted by Gasteiger charge is -2.13. The maximum Gasteiger partial charge on any atom is 0.272 e. The van der Waals surface area contributed by atoms with Crippen LogP contribution in [0.1, 0.15) is 15.9 Å². The molecule has 0 bridgehead atoms. The van der Waals surface area contributed by atoms with Gasteiger partial charge in [-0.2, -0.15) is 0 Å². The Morgan fingerprint density at radius 1 is 0.812 bits per heavy atom. The highest BCUT2D eigenvalue weighted by molar-refractivity contribution is 8.00. The molecule has 0 saturated heterocycles. The number of carbonyl (C=O) groups is 3. The van der Waals surface area contributed by atoms with E-state index in [4.69, 9.17) is 14.2 Å². The fourth-order valence-electron chi connectivity index (χ4n) is 4.43. The molecule has 4 aromatic carbocycles. The monoisotopic (exact) mass is 680 g/mol. The average molecular weight is 681 g/mol. The number of nitrogens with one attached hydrogen (secondary N) is 3. The molecule has 0 spiro atoms. The number of methoxy groups -OCH3 is 3. The molecule has 5 rings (SSSR count). The number of amides is 3. The van der Waals surface area contributed by atoms with Crippen LogP contribution in [0.4, 0.5) is 10.8 Å². The third-order valence-corrected chi connectivity index (χ3v) is 8.63. The Labute approximate surface area is 286 Å². The van der Waals surface area contributed by atoms with E-state index in [0.29, 0.717) is 33.4 Å². The van der Waals surface area contributed by atoms with Gasteiger partial charge in [0.2, 0.25) is 5.91 Å². The molecule has 0 saturated carbocycles. The predicted molar refractivity (Wildman–Crippen MR) is 190 cm³/mol. The number of thiazole rings is 1. The van der Waals surface area contributed by atoms with Crippen molar-refractivity contribution in [1.29, 1.82) is 0 Å². The first kappa shape index (κ1) is 33.8. The lowest BCUT2D eigenvalue weighted by Crippen LogP contribution is -2.30. The fourth-order valence-corrected chi connectivity index (χ4v) is 5.87. The van der Waals surface area contributed by atoms with Crippen molar-refractivity contribution in [3.8, 4) is 28.5 Å². The summed E-state index contributed by atoms with van der Waals surface area (Å²) in [7, 11) is 4.66. The molecule has 0 aliphatic heterocycles. The second kappa shape index (κ2) is 16.3. The molecule has 3 N–H and O–H groups in total. The second-order valence-electron chi connectivity index (χ2n) is 10.1. The van der Waals surface area contributed by atoms with E-state index >= 15 is 0 Å². The number of nitrogens with zero attached hydrogens (tertiary/aromatic N) is 1. The second-order valence-corrected chi connectivity index (χ2v) is 12.0. The summed E-state index contributed by atoms with van der Waals surface area (Å²) in [6, 6.07) is 28.4. The van der Waals surface area contributed by atoms with E-state index in [1.807, 2.05) is 29.6 Å². The topological polar surface area (TPSA) is 128 Å². The summed E-state index contributed by atoms with van der Waals surface area (Å²) in [6.45, 7) is 0. The van der Waals surface area contributed by atoms with Crippen molar-refractivity contribution < 1.29 is 28.6 Å². The Kier molecular flexibility index (Phi) is 11.5. The van der Waals surface area contributed by atoms with Crippen LogP contribution < -0.4 is 30.2 Å². The molecule has 0 radical (unpaired) electrons. The summed E-state index contributed by atoms with van der Waals surface area (Å²) in [5, 5.41) is 10.8. The highest BCUT2D eigenvalue weighted by atomic mass is 32.2. The van der Waals surface area contributed by atoms with Gasteiger partial charge in [-0.15, -0.1) is 23.1 Å². The number of thioether (sulfide) groups is 1. The maximum absolute atomic E-state index is 13.5. The molecule has 0 unspecified atom stereocenters. The number of rotatable bonds is 13. The first-order valence-corrected chi connectivity index (χ1v) is 16.5. The molecule has 12 heteroatoms. The average Bonchev–Trinajstić information content (AvgIpc) is 3.59. The Balaban J connectivity index is 1.22. The van der Waals surface area contributed by atoms with Gasteiger partial charge in [-0.3, -0.25) is 14.4 Å². The van der Waals surface area contributed by atoms with Crippen LogP contribution in [0, 0.1) is 0 Å². The van der Waals surface area contributed by atoms with Crippen LogP contribution in [0.15, 0.2) is 113 Å². The Bertz CT molecular complexity index is 1930. The van der Waals surface area contributed by atoms with Crippen molar-refractivity contribution in [2.45, 2.75) is 4.90 Å². The minimum absolute atomic E-state index is 0.00211. The number of hydrogen-bond donors (Lipinski definition) is 3. The highest BCUT2D eigenvalue weighted by Crippen LogP contribution is 2.29.